The lowest BCUT2D eigenvalue weighted by atomic mass is 9.85. The molecule has 0 radical (unpaired) electrons. The van der Waals surface area contributed by atoms with Gasteiger partial charge in [-0.15, -0.1) is 0 Å². The number of aliphatic hydroxyl groups excluding tert-OH is 1. The molecule has 2 aromatic rings. The van der Waals surface area contributed by atoms with Gasteiger partial charge in [-0.3, -0.25) is 4.79 Å². The molecule has 4 rings (SSSR count). The third kappa shape index (κ3) is 1.81. The van der Waals surface area contributed by atoms with Gasteiger partial charge in [-0.1, -0.05) is 0 Å². The molecule has 2 aliphatic rings. The number of hydrogen-bond donors (Lipinski definition) is 1. The number of rotatable bonds is 1. The molecule has 7 heteroatoms. The van der Waals surface area contributed by atoms with E-state index < -0.39 is 17.7 Å². The molecule has 0 unspecified atom stereocenters. The van der Waals surface area contributed by atoms with Gasteiger partial charge >= 0.3 is 0 Å². The Kier molecular flexibility index (Phi) is 2.72. The number of carbonyl (C=O) groups is 1. The van der Waals surface area contributed by atoms with Gasteiger partial charge in [-0.2, -0.15) is 0 Å². The van der Waals surface area contributed by atoms with Gasteiger partial charge in [0, 0.05) is 24.6 Å². The van der Waals surface area contributed by atoms with Crippen molar-refractivity contribution < 1.29 is 19.3 Å². The topological polar surface area (TPSA) is 88.7 Å². The monoisotopic (exact) mass is 303 g/mol. The van der Waals surface area contributed by atoms with Crippen LogP contribution >= 0.6 is 0 Å². The quantitative estimate of drug-likeness (QED) is 0.857. The van der Waals surface area contributed by atoms with Crippen LogP contribution in [0.5, 0.6) is 5.75 Å². The number of likely N-dealkylation sites (tertiary alicyclic amines) is 1. The zero-order valence-corrected chi connectivity index (χ0v) is 12.4. The molecule has 0 bridgehead atoms. The maximum atomic E-state index is 12.2. The molecule has 22 heavy (non-hydrogen) atoms. The van der Waals surface area contributed by atoms with Crippen LogP contribution in [0, 0.1) is 0 Å². The average Bonchev–Trinajstić information content (AvgIpc) is 3.07. The second-order valence-corrected chi connectivity index (χ2v) is 6.43. The fourth-order valence-electron chi connectivity index (χ4n) is 3.34. The van der Waals surface area contributed by atoms with Crippen molar-refractivity contribution in [1.82, 2.24) is 15.2 Å². The molecule has 1 aromatic heterocycles. The summed E-state index contributed by atoms with van der Waals surface area (Å²) in [6.45, 7) is 4.28. The molecule has 116 valence electrons. The number of nitrogens with zero attached hydrogens (tertiary/aromatic N) is 3. The first kappa shape index (κ1) is 13.5. The summed E-state index contributed by atoms with van der Waals surface area (Å²) in [5.74, 6) is 0.675. The molecule has 1 fully saturated rings. The molecule has 3 heterocycles. The lowest BCUT2D eigenvalue weighted by Crippen LogP contribution is -2.53. The van der Waals surface area contributed by atoms with E-state index in [1.165, 1.54) is 0 Å². The van der Waals surface area contributed by atoms with Gasteiger partial charge in [0.25, 0.3) is 0 Å². The van der Waals surface area contributed by atoms with Crippen LogP contribution in [0.1, 0.15) is 38.3 Å². The van der Waals surface area contributed by atoms with Gasteiger partial charge in [-0.25, -0.2) is 4.63 Å². The molecule has 1 aromatic carbocycles. The van der Waals surface area contributed by atoms with Crippen molar-refractivity contribution in [2.45, 2.75) is 44.4 Å². The fraction of sp³-hybridized carbons (Fsp3) is 0.533. The first-order valence-corrected chi connectivity index (χ1v) is 7.40. The summed E-state index contributed by atoms with van der Waals surface area (Å²) in [6.07, 6.45) is 0.513. The lowest BCUT2D eigenvalue weighted by molar-refractivity contribution is -0.139. The highest BCUT2D eigenvalue weighted by atomic mass is 16.6. The Labute approximate surface area is 126 Å². The van der Waals surface area contributed by atoms with Crippen LogP contribution in [0.2, 0.25) is 0 Å². The number of ether oxygens (including phenoxy) is 1. The van der Waals surface area contributed by atoms with Crippen LogP contribution in [-0.2, 0) is 4.79 Å². The van der Waals surface area contributed by atoms with Crippen molar-refractivity contribution in [1.29, 1.82) is 0 Å². The zero-order valence-electron chi connectivity index (χ0n) is 12.4. The SMILES string of the molecule is CC1(C)Oc2cc3nonc3cc2[C@H](N2CCCC2=O)[C@@H]1O. The summed E-state index contributed by atoms with van der Waals surface area (Å²) in [5.41, 5.74) is 1.14. The molecule has 1 saturated heterocycles. The maximum Gasteiger partial charge on any atom is 0.223 e. The van der Waals surface area contributed by atoms with Crippen molar-refractivity contribution in [2.75, 3.05) is 6.54 Å². The van der Waals surface area contributed by atoms with E-state index >= 15 is 0 Å². The Morgan fingerprint density at radius 3 is 2.73 bits per heavy atom. The number of aliphatic hydroxyl groups is 1. The van der Waals surface area contributed by atoms with E-state index in [0.717, 1.165) is 12.0 Å². The van der Waals surface area contributed by atoms with Crippen molar-refractivity contribution in [2.24, 2.45) is 0 Å². The van der Waals surface area contributed by atoms with Crippen molar-refractivity contribution in [3.63, 3.8) is 0 Å². The molecule has 2 atom stereocenters. The number of benzene rings is 1. The Hall–Kier alpha value is -2.15. The molecule has 1 amide bonds. The van der Waals surface area contributed by atoms with Gasteiger partial charge in [0.1, 0.15) is 28.5 Å². The third-order valence-corrected chi connectivity index (χ3v) is 4.53. The number of carbonyl (C=O) groups excluding carboxylic acids is 1. The molecule has 0 aliphatic carbocycles. The minimum absolute atomic E-state index is 0.0612. The Morgan fingerprint density at radius 2 is 2.05 bits per heavy atom. The van der Waals surface area contributed by atoms with Crippen molar-refractivity contribution in [3.05, 3.63) is 17.7 Å². The van der Waals surface area contributed by atoms with Gasteiger partial charge in [0.05, 0.1) is 6.04 Å². The third-order valence-electron chi connectivity index (χ3n) is 4.53. The second-order valence-electron chi connectivity index (χ2n) is 6.43. The van der Waals surface area contributed by atoms with E-state index in [2.05, 4.69) is 10.3 Å². The number of aromatic nitrogens is 2. The van der Waals surface area contributed by atoms with E-state index in [9.17, 15) is 9.90 Å². The van der Waals surface area contributed by atoms with Crippen molar-refractivity contribution >= 4 is 16.9 Å². The largest absolute Gasteiger partial charge is 0.485 e. The van der Waals surface area contributed by atoms with Gasteiger partial charge in [0.15, 0.2) is 0 Å². The van der Waals surface area contributed by atoms with Crippen LogP contribution in [0.15, 0.2) is 16.8 Å². The number of hydrogen-bond acceptors (Lipinski definition) is 6. The first-order chi connectivity index (χ1) is 10.5. The predicted molar refractivity (Wildman–Crippen MR) is 76.2 cm³/mol. The predicted octanol–water partition coefficient (Wildman–Crippen LogP) is 1.42. The summed E-state index contributed by atoms with van der Waals surface area (Å²) in [7, 11) is 0. The van der Waals surface area contributed by atoms with E-state index in [0.29, 0.717) is 29.7 Å². The molecule has 2 aliphatic heterocycles. The van der Waals surface area contributed by atoms with Gasteiger partial charge in [0.2, 0.25) is 5.91 Å². The lowest BCUT2D eigenvalue weighted by Gasteiger charge is -2.45. The summed E-state index contributed by atoms with van der Waals surface area (Å²) >= 11 is 0. The zero-order chi connectivity index (χ0) is 15.5. The smallest absolute Gasteiger partial charge is 0.223 e. The van der Waals surface area contributed by atoms with Gasteiger partial charge < -0.3 is 14.7 Å². The van der Waals surface area contributed by atoms with Crippen molar-refractivity contribution in [3.8, 4) is 5.75 Å². The van der Waals surface area contributed by atoms with Crippen LogP contribution in [0.3, 0.4) is 0 Å². The van der Waals surface area contributed by atoms with E-state index in [4.69, 9.17) is 9.37 Å². The normalized spacial score (nSPS) is 27.0. The number of amides is 1. The highest BCUT2D eigenvalue weighted by Crippen LogP contribution is 2.45. The van der Waals surface area contributed by atoms with Gasteiger partial charge in [-0.05, 0) is 36.6 Å². The Balaban J connectivity index is 1.90. The highest BCUT2D eigenvalue weighted by molar-refractivity contribution is 5.81. The molecule has 1 N–H and O–H groups in total. The highest BCUT2D eigenvalue weighted by Gasteiger charge is 2.47. The summed E-state index contributed by atoms with van der Waals surface area (Å²) in [4.78, 5) is 13.9. The Bertz CT molecular complexity index is 754. The molecule has 0 saturated carbocycles. The van der Waals surface area contributed by atoms with E-state index in [1.54, 1.807) is 17.0 Å². The maximum absolute atomic E-state index is 12.2. The summed E-state index contributed by atoms with van der Waals surface area (Å²) < 4.78 is 10.7. The van der Waals surface area contributed by atoms with E-state index in [-0.39, 0.29) is 5.91 Å². The Morgan fingerprint density at radius 1 is 1.32 bits per heavy atom. The molecular formula is C15H17N3O4. The minimum atomic E-state index is -0.820. The second kappa shape index (κ2) is 4.42. The molecule has 7 nitrogen and oxygen atoms in total. The molecule has 0 spiro atoms. The first-order valence-electron chi connectivity index (χ1n) is 7.40. The van der Waals surface area contributed by atoms with Crippen LogP contribution in [0.25, 0.3) is 11.0 Å². The summed E-state index contributed by atoms with van der Waals surface area (Å²) in [5, 5.41) is 18.4. The fourth-order valence-corrected chi connectivity index (χ4v) is 3.34. The van der Waals surface area contributed by atoms with Crippen LogP contribution < -0.4 is 4.74 Å². The number of fused-ring (bicyclic) bond motifs is 2. The van der Waals surface area contributed by atoms with Crippen LogP contribution in [-0.4, -0.2) is 44.5 Å². The standard InChI is InChI=1S/C15H17N3O4/c1-15(2)14(20)13(18-5-3-4-12(18)19)8-6-9-10(17-22-16-9)7-11(8)21-15/h6-7,13-14,20H,3-5H2,1-2H3/t13-,14-/m0/s1. The average molecular weight is 303 g/mol. The molecular weight excluding hydrogens is 286 g/mol. The van der Waals surface area contributed by atoms with Crippen LogP contribution in [0.4, 0.5) is 0 Å². The summed E-state index contributed by atoms with van der Waals surface area (Å²) in [6, 6.07) is 3.10. The van der Waals surface area contributed by atoms with E-state index in [1.807, 2.05) is 13.8 Å². The minimum Gasteiger partial charge on any atom is -0.485 e.